The van der Waals surface area contributed by atoms with Gasteiger partial charge in [0.15, 0.2) is 11.2 Å². The maximum absolute atomic E-state index is 14.0. The van der Waals surface area contributed by atoms with Crippen LogP contribution in [-0.4, -0.2) is 43.1 Å². The second kappa shape index (κ2) is 9.89. The Bertz CT molecular complexity index is 1440. The van der Waals surface area contributed by atoms with Crippen molar-refractivity contribution < 1.29 is 14.2 Å². The Labute approximate surface area is 196 Å². The molecule has 1 atom stereocenters. The number of benzene rings is 2. The van der Waals surface area contributed by atoms with E-state index in [0.29, 0.717) is 5.75 Å². The van der Waals surface area contributed by atoms with Gasteiger partial charge < -0.3 is 14.4 Å². The van der Waals surface area contributed by atoms with Crippen molar-refractivity contribution in [2.24, 2.45) is 12.1 Å². The summed E-state index contributed by atoms with van der Waals surface area (Å²) in [6.07, 6.45) is 0.124. The normalized spacial score (nSPS) is 12.4. The summed E-state index contributed by atoms with van der Waals surface area (Å²) in [5.41, 5.74) is 1.48. The monoisotopic (exact) mass is 486 g/mol. The molecule has 10 nitrogen and oxygen atoms in total. The van der Waals surface area contributed by atoms with Crippen molar-refractivity contribution in [1.82, 2.24) is 19.1 Å². The first-order valence-electron chi connectivity index (χ1n) is 10.1. The fourth-order valence-corrected chi connectivity index (χ4v) is 3.47. The van der Waals surface area contributed by atoms with Crippen LogP contribution >= 0.6 is 11.6 Å². The SMILES string of the molecule is Cn1c(=O)[nH]c(=O)c2c1nc(N/N=C/c1c(F)cccc1Cl)n2CC(O)COc1ccccc1. The number of hydrogen-bond acceptors (Lipinski definition) is 7. The smallest absolute Gasteiger partial charge is 0.329 e. The van der Waals surface area contributed by atoms with Gasteiger partial charge in [-0.2, -0.15) is 10.1 Å². The van der Waals surface area contributed by atoms with Crippen molar-refractivity contribution in [1.29, 1.82) is 0 Å². The van der Waals surface area contributed by atoms with Crippen molar-refractivity contribution in [2.75, 3.05) is 12.0 Å². The first kappa shape index (κ1) is 23.2. The molecule has 12 heteroatoms. The minimum Gasteiger partial charge on any atom is -0.491 e. The second-order valence-corrected chi connectivity index (χ2v) is 7.73. The first-order chi connectivity index (χ1) is 16.3. The van der Waals surface area contributed by atoms with Gasteiger partial charge in [-0.3, -0.25) is 14.3 Å². The highest BCUT2D eigenvalue weighted by Gasteiger charge is 2.20. The van der Waals surface area contributed by atoms with Crippen LogP contribution in [0.1, 0.15) is 5.56 Å². The van der Waals surface area contributed by atoms with E-state index in [-0.39, 0.29) is 40.8 Å². The molecule has 2 aromatic heterocycles. The number of nitrogens with one attached hydrogen (secondary N) is 2. The summed E-state index contributed by atoms with van der Waals surface area (Å²) in [4.78, 5) is 31.1. The van der Waals surface area contributed by atoms with Gasteiger partial charge in [0.2, 0.25) is 5.95 Å². The lowest BCUT2D eigenvalue weighted by molar-refractivity contribution is 0.0938. The molecule has 0 saturated carbocycles. The van der Waals surface area contributed by atoms with Crippen molar-refractivity contribution in [3.63, 3.8) is 0 Å². The number of hydrogen-bond donors (Lipinski definition) is 3. The van der Waals surface area contributed by atoms with Crippen LogP contribution in [0.5, 0.6) is 5.75 Å². The molecule has 0 aliphatic heterocycles. The van der Waals surface area contributed by atoms with E-state index < -0.39 is 23.2 Å². The number of hydrazone groups is 1. The number of aliphatic hydroxyl groups is 1. The molecule has 2 aromatic carbocycles. The van der Waals surface area contributed by atoms with Crippen LogP contribution in [0.2, 0.25) is 5.02 Å². The molecule has 176 valence electrons. The van der Waals surface area contributed by atoms with Crippen LogP contribution in [0.4, 0.5) is 10.3 Å². The summed E-state index contributed by atoms with van der Waals surface area (Å²) in [5, 5.41) is 14.7. The molecule has 0 aliphatic carbocycles. The molecular weight excluding hydrogens is 467 g/mol. The Kier molecular flexibility index (Phi) is 6.75. The van der Waals surface area contributed by atoms with Gasteiger partial charge in [-0.25, -0.2) is 14.6 Å². The van der Waals surface area contributed by atoms with E-state index in [1.54, 1.807) is 24.3 Å². The predicted molar refractivity (Wildman–Crippen MR) is 126 cm³/mol. The van der Waals surface area contributed by atoms with Crippen molar-refractivity contribution >= 4 is 34.9 Å². The van der Waals surface area contributed by atoms with Crippen molar-refractivity contribution in [3.05, 3.63) is 85.8 Å². The minimum atomic E-state index is -1.04. The Morgan fingerprint density at radius 1 is 1.26 bits per heavy atom. The standard InChI is InChI=1S/C22H20ClFN6O4/c1-29-19-18(20(32)27-22(29)33)30(11-13(31)12-34-14-6-3-2-4-7-14)21(26-19)28-25-10-15-16(23)8-5-9-17(15)24/h2-10,13,31H,11-12H2,1H3,(H,26,28)(H,27,32,33)/b25-10+. The number of imidazole rings is 1. The predicted octanol–water partition coefficient (Wildman–Crippen LogP) is 2.10. The zero-order valence-corrected chi connectivity index (χ0v) is 18.7. The van der Waals surface area contributed by atoms with Crippen molar-refractivity contribution in [3.8, 4) is 5.75 Å². The lowest BCUT2D eigenvalue weighted by atomic mass is 10.2. The summed E-state index contributed by atoms with van der Waals surface area (Å²) in [6, 6.07) is 13.1. The molecule has 4 rings (SSSR count). The number of anilines is 1. The number of para-hydroxylation sites is 1. The van der Waals surface area contributed by atoms with Gasteiger partial charge >= 0.3 is 5.69 Å². The zero-order valence-electron chi connectivity index (χ0n) is 17.9. The summed E-state index contributed by atoms with van der Waals surface area (Å²) >= 11 is 6.01. The average Bonchev–Trinajstić information content (AvgIpc) is 3.17. The van der Waals surface area contributed by atoms with Gasteiger partial charge in [-0.15, -0.1) is 0 Å². The highest BCUT2D eigenvalue weighted by molar-refractivity contribution is 6.33. The molecule has 34 heavy (non-hydrogen) atoms. The molecule has 3 N–H and O–H groups in total. The third-order valence-electron chi connectivity index (χ3n) is 4.94. The van der Waals surface area contributed by atoms with Crippen LogP contribution in [0.25, 0.3) is 11.2 Å². The third-order valence-corrected chi connectivity index (χ3v) is 5.27. The highest BCUT2D eigenvalue weighted by atomic mass is 35.5. The molecule has 0 aliphatic rings. The fraction of sp³-hybridized carbons (Fsp3) is 0.182. The van der Waals surface area contributed by atoms with Gasteiger partial charge in [-0.05, 0) is 24.3 Å². The Hall–Kier alpha value is -3.96. The number of nitrogens with zero attached hydrogens (tertiary/aromatic N) is 4. The molecule has 0 bridgehead atoms. The maximum atomic E-state index is 14.0. The van der Waals surface area contributed by atoms with Gasteiger partial charge in [-0.1, -0.05) is 35.9 Å². The summed E-state index contributed by atoms with van der Waals surface area (Å²) in [6.45, 7) is -0.177. The van der Waals surface area contributed by atoms with E-state index in [2.05, 4.69) is 20.5 Å². The molecule has 0 amide bonds. The number of ether oxygens (including phenoxy) is 1. The van der Waals surface area contributed by atoms with Gasteiger partial charge in [0, 0.05) is 12.6 Å². The summed E-state index contributed by atoms with van der Waals surface area (Å²) < 4.78 is 22.1. The number of aryl methyl sites for hydroxylation is 1. The Morgan fingerprint density at radius 3 is 2.76 bits per heavy atom. The van der Waals surface area contributed by atoms with Crippen LogP contribution in [-0.2, 0) is 13.6 Å². The number of aliphatic hydroxyl groups excluding tert-OH is 1. The first-order valence-corrected chi connectivity index (χ1v) is 10.5. The van der Waals surface area contributed by atoms with E-state index in [0.717, 1.165) is 4.57 Å². The molecule has 4 aromatic rings. The molecule has 0 saturated heterocycles. The van der Waals surface area contributed by atoms with Crippen LogP contribution in [0.15, 0.2) is 63.2 Å². The summed E-state index contributed by atoms with van der Waals surface area (Å²) in [5.74, 6) is 0.0463. The van der Waals surface area contributed by atoms with Gasteiger partial charge in [0.05, 0.1) is 17.8 Å². The largest absolute Gasteiger partial charge is 0.491 e. The van der Waals surface area contributed by atoms with Crippen LogP contribution in [0.3, 0.4) is 0 Å². The number of aromatic nitrogens is 4. The molecule has 0 radical (unpaired) electrons. The molecule has 0 spiro atoms. The van der Waals surface area contributed by atoms with E-state index in [1.165, 1.54) is 36.0 Å². The number of rotatable bonds is 8. The highest BCUT2D eigenvalue weighted by Crippen LogP contribution is 2.19. The van der Waals surface area contributed by atoms with E-state index in [4.69, 9.17) is 16.3 Å². The quantitative estimate of drug-likeness (QED) is 0.258. The van der Waals surface area contributed by atoms with Gasteiger partial charge in [0.1, 0.15) is 24.3 Å². The Balaban J connectivity index is 1.65. The molecule has 2 heterocycles. The fourth-order valence-electron chi connectivity index (χ4n) is 3.26. The second-order valence-electron chi connectivity index (χ2n) is 7.32. The minimum absolute atomic E-state index is 0.0440. The average molecular weight is 487 g/mol. The molecule has 0 fully saturated rings. The van der Waals surface area contributed by atoms with E-state index in [9.17, 15) is 19.1 Å². The lowest BCUT2D eigenvalue weighted by Gasteiger charge is -2.15. The topological polar surface area (TPSA) is 127 Å². The third kappa shape index (κ3) is 4.85. The van der Waals surface area contributed by atoms with Crippen LogP contribution < -0.4 is 21.4 Å². The van der Waals surface area contributed by atoms with E-state index in [1.807, 2.05) is 6.07 Å². The van der Waals surface area contributed by atoms with Crippen molar-refractivity contribution in [2.45, 2.75) is 12.6 Å². The number of aromatic amines is 1. The number of fused-ring (bicyclic) bond motifs is 1. The maximum Gasteiger partial charge on any atom is 0.329 e. The van der Waals surface area contributed by atoms with E-state index >= 15 is 0 Å². The lowest BCUT2D eigenvalue weighted by Crippen LogP contribution is -2.30. The van der Waals surface area contributed by atoms with Gasteiger partial charge in [0.25, 0.3) is 5.56 Å². The number of H-pyrrole nitrogens is 1. The van der Waals surface area contributed by atoms with Crippen LogP contribution in [0, 0.1) is 5.82 Å². The summed E-state index contributed by atoms with van der Waals surface area (Å²) in [7, 11) is 1.44. The molecule has 1 unspecified atom stereocenters. The zero-order chi connectivity index (χ0) is 24.2. The molecular formula is C22H20ClFN6O4. The Morgan fingerprint density at radius 2 is 2.03 bits per heavy atom. The number of halogens is 2.